The Morgan fingerprint density at radius 3 is 2.43 bits per heavy atom. The topological polar surface area (TPSA) is 42.0 Å². The normalized spacial score (nSPS) is 12.6. The quantitative estimate of drug-likeness (QED) is 0.586. The Balaban J connectivity index is 2.02. The number of rotatable bonds is 5. The van der Waals surface area contributed by atoms with Gasteiger partial charge in [-0.15, -0.1) is 0 Å². The number of aryl methyl sites for hydroxylation is 1. The van der Waals surface area contributed by atoms with E-state index >= 15 is 0 Å². The molecule has 0 bridgehead atoms. The van der Waals surface area contributed by atoms with Crippen LogP contribution in [0.3, 0.4) is 0 Å². The van der Waals surface area contributed by atoms with E-state index < -0.39 is 0 Å². The van der Waals surface area contributed by atoms with Gasteiger partial charge in [-0.2, -0.15) is 0 Å². The monoisotopic (exact) mass is 372 g/mol. The second-order valence-corrected chi connectivity index (χ2v) is 8.27. The summed E-state index contributed by atoms with van der Waals surface area (Å²) in [7, 11) is 0. The second-order valence-electron chi connectivity index (χ2n) is 8.27. The summed E-state index contributed by atoms with van der Waals surface area (Å²) in [6, 6.07) is 19.8. The molecule has 0 radical (unpaired) electrons. The minimum Gasteiger partial charge on any atom is -0.303 e. The average Bonchev–Trinajstić information content (AvgIpc) is 2.66. The molecule has 0 aliphatic heterocycles. The van der Waals surface area contributed by atoms with Crippen molar-refractivity contribution in [1.82, 2.24) is 10.3 Å². The Kier molecular flexibility index (Phi) is 5.76. The lowest BCUT2D eigenvalue weighted by Gasteiger charge is -2.25. The fourth-order valence-corrected chi connectivity index (χ4v) is 3.56. The highest BCUT2D eigenvalue weighted by molar-refractivity contribution is 6.01. The number of ketones is 1. The van der Waals surface area contributed by atoms with Crippen LogP contribution in [0.15, 0.2) is 66.9 Å². The molecule has 1 unspecified atom stereocenters. The van der Waals surface area contributed by atoms with Crippen molar-refractivity contribution in [3.05, 3.63) is 78.0 Å². The van der Waals surface area contributed by atoms with Crippen molar-refractivity contribution in [2.75, 3.05) is 0 Å². The van der Waals surface area contributed by atoms with Crippen molar-refractivity contribution in [1.29, 1.82) is 0 Å². The maximum Gasteiger partial charge on any atom is 0.179 e. The molecule has 0 saturated heterocycles. The van der Waals surface area contributed by atoms with Crippen LogP contribution in [0.2, 0.25) is 0 Å². The molecule has 0 fully saturated rings. The molecule has 3 rings (SSSR count). The van der Waals surface area contributed by atoms with Gasteiger partial charge in [-0.05, 0) is 69.5 Å². The number of aromatic nitrogens is 1. The number of carbonyl (C=O) groups is 1. The van der Waals surface area contributed by atoms with E-state index in [-0.39, 0.29) is 17.4 Å². The fourth-order valence-electron chi connectivity index (χ4n) is 3.56. The summed E-state index contributed by atoms with van der Waals surface area (Å²) >= 11 is 0. The minimum atomic E-state index is -0.247. The highest BCUT2D eigenvalue weighted by atomic mass is 16.1. The van der Waals surface area contributed by atoms with E-state index in [4.69, 9.17) is 0 Å². The van der Waals surface area contributed by atoms with Crippen molar-refractivity contribution in [2.24, 2.45) is 0 Å². The standard InChI is InChI=1S/C25H28N2O/c1-17-10-8-13-21(23(17)22-14-6-7-15-26-22)19-11-9-12-20(16-19)24(28)18(2)27-25(3,4)5/h6-16,18,27H,1-5H3. The van der Waals surface area contributed by atoms with Crippen LogP contribution in [0.1, 0.15) is 43.6 Å². The van der Waals surface area contributed by atoms with Gasteiger partial charge in [-0.3, -0.25) is 9.78 Å². The summed E-state index contributed by atoms with van der Waals surface area (Å²) in [4.78, 5) is 17.5. The molecule has 3 aromatic rings. The van der Waals surface area contributed by atoms with Gasteiger partial charge in [0.15, 0.2) is 5.78 Å². The molecule has 1 heterocycles. The summed E-state index contributed by atoms with van der Waals surface area (Å²) < 4.78 is 0. The van der Waals surface area contributed by atoms with Gasteiger partial charge >= 0.3 is 0 Å². The first-order valence-electron chi connectivity index (χ1n) is 9.69. The molecule has 0 amide bonds. The number of Topliss-reactive ketones (excluding diaryl/α,β-unsaturated/α-hetero) is 1. The lowest BCUT2D eigenvalue weighted by molar-refractivity contribution is 0.0936. The van der Waals surface area contributed by atoms with E-state index in [9.17, 15) is 4.79 Å². The first-order valence-corrected chi connectivity index (χ1v) is 9.69. The molecule has 144 valence electrons. The SMILES string of the molecule is Cc1cccc(-c2cccc(C(=O)C(C)NC(C)(C)C)c2)c1-c1ccccn1. The summed E-state index contributed by atoms with van der Waals surface area (Å²) in [6.07, 6.45) is 1.81. The van der Waals surface area contributed by atoms with E-state index in [2.05, 4.69) is 62.3 Å². The first kappa shape index (κ1) is 20.0. The molecular formula is C25H28N2O. The van der Waals surface area contributed by atoms with Crippen molar-refractivity contribution >= 4 is 5.78 Å². The largest absolute Gasteiger partial charge is 0.303 e. The van der Waals surface area contributed by atoms with Crippen LogP contribution in [-0.4, -0.2) is 22.3 Å². The van der Waals surface area contributed by atoms with Gasteiger partial charge in [0.2, 0.25) is 0 Å². The fraction of sp³-hybridized carbons (Fsp3) is 0.280. The molecule has 28 heavy (non-hydrogen) atoms. The van der Waals surface area contributed by atoms with Crippen LogP contribution in [0.25, 0.3) is 22.4 Å². The zero-order valence-corrected chi connectivity index (χ0v) is 17.3. The highest BCUT2D eigenvalue weighted by Crippen LogP contribution is 2.34. The van der Waals surface area contributed by atoms with E-state index in [1.807, 2.05) is 49.5 Å². The van der Waals surface area contributed by atoms with Gasteiger partial charge in [0, 0.05) is 22.9 Å². The third-order valence-electron chi connectivity index (χ3n) is 4.69. The number of nitrogens with one attached hydrogen (secondary N) is 1. The molecule has 0 aliphatic rings. The van der Waals surface area contributed by atoms with E-state index in [1.165, 1.54) is 0 Å². The molecule has 3 heteroatoms. The van der Waals surface area contributed by atoms with E-state index in [0.717, 1.165) is 33.5 Å². The lowest BCUT2D eigenvalue weighted by atomic mass is 9.91. The maximum absolute atomic E-state index is 13.0. The maximum atomic E-state index is 13.0. The molecule has 2 aromatic carbocycles. The molecule has 3 nitrogen and oxygen atoms in total. The molecule has 0 aliphatic carbocycles. The third-order valence-corrected chi connectivity index (χ3v) is 4.69. The van der Waals surface area contributed by atoms with Crippen LogP contribution in [0.4, 0.5) is 0 Å². The molecular weight excluding hydrogens is 344 g/mol. The number of nitrogens with zero attached hydrogens (tertiary/aromatic N) is 1. The zero-order chi connectivity index (χ0) is 20.3. The summed E-state index contributed by atoms with van der Waals surface area (Å²) in [5, 5.41) is 3.36. The van der Waals surface area contributed by atoms with Crippen molar-refractivity contribution < 1.29 is 4.79 Å². The van der Waals surface area contributed by atoms with E-state index in [0.29, 0.717) is 0 Å². The van der Waals surface area contributed by atoms with Crippen LogP contribution < -0.4 is 5.32 Å². The van der Waals surface area contributed by atoms with Gasteiger partial charge in [0.25, 0.3) is 0 Å². The average molecular weight is 373 g/mol. The molecule has 1 N–H and O–H groups in total. The van der Waals surface area contributed by atoms with Gasteiger partial charge in [-0.25, -0.2) is 0 Å². The van der Waals surface area contributed by atoms with Crippen LogP contribution in [0, 0.1) is 6.92 Å². The van der Waals surface area contributed by atoms with Crippen LogP contribution in [-0.2, 0) is 0 Å². The Bertz CT molecular complexity index is 971. The third kappa shape index (κ3) is 4.55. The molecule has 1 aromatic heterocycles. The smallest absolute Gasteiger partial charge is 0.179 e. The van der Waals surface area contributed by atoms with Gasteiger partial charge < -0.3 is 5.32 Å². The summed E-state index contributed by atoms with van der Waals surface area (Å²) in [5.41, 5.74) is 5.92. The Hall–Kier alpha value is -2.78. The van der Waals surface area contributed by atoms with Gasteiger partial charge in [0.1, 0.15) is 0 Å². The minimum absolute atomic E-state index is 0.101. The van der Waals surface area contributed by atoms with Crippen molar-refractivity contribution in [3.8, 4) is 22.4 Å². The second kappa shape index (κ2) is 8.07. The predicted molar refractivity (Wildman–Crippen MR) is 117 cm³/mol. The number of pyridine rings is 1. The number of benzene rings is 2. The Morgan fingerprint density at radius 2 is 1.75 bits per heavy atom. The van der Waals surface area contributed by atoms with Crippen molar-refractivity contribution in [3.63, 3.8) is 0 Å². The summed E-state index contributed by atoms with van der Waals surface area (Å²) in [6.45, 7) is 10.2. The highest BCUT2D eigenvalue weighted by Gasteiger charge is 2.21. The van der Waals surface area contributed by atoms with Gasteiger partial charge in [0.05, 0.1) is 11.7 Å². The Labute approximate surface area is 167 Å². The summed E-state index contributed by atoms with van der Waals surface area (Å²) in [5.74, 6) is 0.101. The van der Waals surface area contributed by atoms with Crippen LogP contribution in [0.5, 0.6) is 0 Å². The number of hydrogen-bond acceptors (Lipinski definition) is 3. The van der Waals surface area contributed by atoms with Crippen LogP contribution >= 0.6 is 0 Å². The Morgan fingerprint density at radius 1 is 1.00 bits per heavy atom. The number of hydrogen-bond donors (Lipinski definition) is 1. The van der Waals surface area contributed by atoms with Gasteiger partial charge in [-0.1, -0.05) is 42.5 Å². The molecule has 1 atom stereocenters. The predicted octanol–water partition coefficient (Wildman–Crippen LogP) is 5.68. The van der Waals surface area contributed by atoms with E-state index in [1.54, 1.807) is 0 Å². The number of carbonyl (C=O) groups excluding carboxylic acids is 1. The lowest BCUT2D eigenvalue weighted by Crippen LogP contribution is -2.46. The zero-order valence-electron chi connectivity index (χ0n) is 17.3. The molecule has 0 spiro atoms. The van der Waals surface area contributed by atoms with Crippen molar-refractivity contribution in [2.45, 2.75) is 46.2 Å². The molecule has 0 saturated carbocycles. The first-order chi connectivity index (χ1) is 13.3.